The molecular formula is C19H15IN4OS. The quantitative estimate of drug-likeness (QED) is 0.398. The Morgan fingerprint density at radius 1 is 1.15 bits per heavy atom. The van der Waals surface area contributed by atoms with Crippen LogP contribution < -0.4 is 10.2 Å². The summed E-state index contributed by atoms with van der Waals surface area (Å²) < 4.78 is 2.24. The number of H-pyrrole nitrogens is 1. The number of amides is 1. The molecule has 0 aliphatic carbocycles. The van der Waals surface area contributed by atoms with Crippen molar-refractivity contribution < 1.29 is 4.79 Å². The van der Waals surface area contributed by atoms with Crippen molar-refractivity contribution in [2.45, 2.75) is 0 Å². The first-order valence-electron chi connectivity index (χ1n) is 7.95. The number of aromatic amines is 1. The zero-order valence-corrected chi connectivity index (χ0v) is 16.8. The molecule has 26 heavy (non-hydrogen) atoms. The fraction of sp³-hybridized carbons (Fsp3) is 0.0526. The summed E-state index contributed by atoms with van der Waals surface area (Å²) in [4.78, 5) is 21.7. The van der Waals surface area contributed by atoms with Crippen LogP contribution in [0.15, 0.2) is 60.8 Å². The van der Waals surface area contributed by atoms with Gasteiger partial charge in [-0.25, -0.2) is 4.98 Å². The molecule has 0 aliphatic rings. The Morgan fingerprint density at radius 2 is 1.92 bits per heavy atom. The lowest BCUT2D eigenvalue weighted by molar-refractivity contribution is 0.102. The number of nitrogens with one attached hydrogen (secondary N) is 2. The maximum absolute atomic E-state index is 12.2. The number of thiazole rings is 1. The number of carbonyl (C=O) groups excluding carboxylic acids is 1. The lowest BCUT2D eigenvalue weighted by atomic mass is 10.2. The van der Waals surface area contributed by atoms with Crippen LogP contribution in [0.1, 0.15) is 10.5 Å². The number of fused-ring (bicyclic) bond motifs is 1. The van der Waals surface area contributed by atoms with Gasteiger partial charge in [0.2, 0.25) is 0 Å². The maximum atomic E-state index is 12.2. The van der Waals surface area contributed by atoms with Crippen molar-refractivity contribution in [3.8, 4) is 0 Å². The minimum Gasteiger partial charge on any atom is -0.357 e. The van der Waals surface area contributed by atoms with Crippen LogP contribution in [0.3, 0.4) is 0 Å². The molecule has 0 atom stereocenters. The number of rotatable bonds is 4. The molecule has 0 saturated carbocycles. The zero-order valence-electron chi connectivity index (χ0n) is 13.9. The van der Waals surface area contributed by atoms with Crippen molar-refractivity contribution in [1.82, 2.24) is 9.97 Å². The largest absolute Gasteiger partial charge is 0.357 e. The normalized spacial score (nSPS) is 10.8. The molecule has 4 rings (SSSR count). The number of benzene rings is 2. The van der Waals surface area contributed by atoms with Gasteiger partial charge in [-0.05, 0) is 77.2 Å². The van der Waals surface area contributed by atoms with Crippen LogP contribution >= 0.6 is 33.9 Å². The van der Waals surface area contributed by atoms with Crippen molar-refractivity contribution >= 4 is 66.6 Å². The third-order valence-electron chi connectivity index (χ3n) is 4.04. The van der Waals surface area contributed by atoms with Crippen LogP contribution in [-0.2, 0) is 0 Å². The molecular weight excluding hydrogens is 459 g/mol. The molecule has 7 heteroatoms. The van der Waals surface area contributed by atoms with Gasteiger partial charge in [-0.1, -0.05) is 11.3 Å². The fourth-order valence-electron chi connectivity index (χ4n) is 2.63. The predicted molar refractivity (Wildman–Crippen MR) is 116 cm³/mol. The van der Waals surface area contributed by atoms with E-state index < -0.39 is 0 Å². The minimum atomic E-state index is -0.190. The molecule has 0 fully saturated rings. The van der Waals surface area contributed by atoms with E-state index in [1.54, 1.807) is 18.3 Å². The van der Waals surface area contributed by atoms with Crippen molar-refractivity contribution in [2.75, 3.05) is 17.3 Å². The summed E-state index contributed by atoms with van der Waals surface area (Å²) in [6.07, 6.45) is 1.72. The molecule has 0 saturated heterocycles. The van der Waals surface area contributed by atoms with E-state index in [0.29, 0.717) is 10.8 Å². The van der Waals surface area contributed by atoms with Crippen molar-refractivity contribution in [3.05, 3.63) is 70.1 Å². The van der Waals surface area contributed by atoms with Crippen LogP contribution in [0.25, 0.3) is 10.2 Å². The molecule has 0 bridgehead atoms. The van der Waals surface area contributed by atoms with Gasteiger partial charge in [0.15, 0.2) is 5.13 Å². The van der Waals surface area contributed by atoms with Crippen LogP contribution in [0.4, 0.5) is 16.5 Å². The smallest absolute Gasteiger partial charge is 0.273 e. The van der Waals surface area contributed by atoms with Gasteiger partial charge in [0, 0.05) is 28.2 Å². The van der Waals surface area contributed by atoms with E-state index in [4.69, 9.17) is 0 Å². The van der Waals surface area contributed by atoms with Crippen LogP contribution in [-0.4, -0.2) is 22.9 Å². The van der Waals surface area contributed by atoms with Gasteiger partial charge in [-0.15, -0.1) is 0 Å². The Morgan fingerprint density at radius 3 is 2.65 bits per heavy atom. The van der Waals surface area contributed by atoms with E-state index in [9.17, 15) is 4.79 Å². The number of aromatic nitrogens is 2. The van der Waals surface area contributed by atoms with E-state index in [1.165, 1.54) is 14.9 Å². The first kappa shape index (κ1) is 17.0. The number of nitrogens with zero attached hydrogens (tertiary/aromatic N) is 2. The summed E-state index contributed by atoms with van der Waals surface area (Å²) in [5, 5.41) is 3.43. The number of halogens is 1. The SMILES string of the molecule is CN(c1ccc(I)cc1)c1ccc2nc(NC(=O)c3ccc[nH]3)sc2c1. The molecule has 2 aromatic heterocycles. The summed E-state index contributed by atoms with van der Waals surface area (Å²) >= 11 is 3.77. The third kappa shape index (κ3) is 3.45. The molecule has 130 valence electrons. The van der Waals surface area contributed by atoms with Crippen molar-refractivity contribution in [3.63, 3.8) is 0 Å². The van der Waals surface area contributed by atoms with E-state index in [2.05, 4.69) is 73.1 Å². The summed E-state index contributed by atoms with van der Waals surface area (Å²) in [7, 11) is 2.04. The first-order chi connectivity index (χ1) is 12.6. The van der Waals surface area contributed by atoms with Crippen LogP contribution in [0.2, 0.25) is 0 Å². The lowest BCUT2D eigenvalue weighted by Gasteiger charge is -2.19. The Balaban J connectivity index is 1.59. The summed E-state index contributed by atoms with van der Waals surface area (Å²) in [5.41, 5.74) is 3.58. The average Bonchev–Trinajstić information content (AvgIpc) is 3.30. The van der Waals surface area contributed by atoms with Gasteiger partial charge in [0.1, 0.15) is 5.69 Å². The molecule has 0 radical (unpaired) electrons. The highest BCUT2D eigenvalue weighted by molar-refractivity contribution is 14.1. The van der Waals surface area contributed by atoms with E-state index in [-0.39, 0.29) is 5.91 Å². The van der Waals surface area contributed by atoms with Crippen molar-refractivity contribution in [2.24, 2.45) is 0 Å². The van der Waals surface area contributed by atoms with Crippen LogP contribution in [0, 0.1) is 3.57 Å². The molecule has 2 N–H and O–H groups in total. The highest BCUT2D eigenvalue weighted by Crippen LogP contribution is 2.32. The third-order valence-corrected chi connectivity index (χ3v) is 5.69. The second kappa shape index (κ2) is 7.08. The molecule has 2 aromatic carbocycles. The van der Waals surface area contributed by atoms with Gasteiger partial charge < -0.3 is 9.88 Å². The van der Waals surface area contributed by atoms with Crippen molar-refractivity contribution in [1.29, 1.82) is 0 Å². The molecule has 0 spiro atoms. The standard InChI is InChI=1S/C19H15IN4OS/c1-24(13-6-4-12(20)5-7-13)14-8-9-15-17(11-14)26-19(22-15)23-18(25)16-3-2-10-21-16/h2-11,21H,1H3,(H,22,23,25). The molecule has 4 aromatic rings. The number of carbonyl (C=O) groups is 1. The maximum Gasteiger partial charge on any atom is 0.273 e. The molecule has 1 amide bonds. The monoisotopic (exact) mass is 474 g/mol. The second-order valence-corrected chi connectivity index (χ2v) is 8.02. The Hall–Kier alpha value is -2.39. The van der Waals surface area contributed by atoms with E-state index in [1.807, 2.05) is 19.2 Å². The van der Waals surface area contributed by atoms with E-state index in [0.717, 1.165) is 21.6 Å². The number of hydrogen-bond acceptors (Lipinski definition) is 4. The van der Waals surface area contributed by atoms with Gasteiger partial charge >= 0.3 is 0 Å². The predicted octanol–water partition coefficient (Wildman–Crippen LogP) is 5.25. The van der Waals surface area contributed by atoms with Gasteiger partial charge in [-0.2, -0.15) is 0 Å². The Bertz CT molecular complexity index is 1060. The lowest BCUT2D eigenvalue weighted by Crippen LogP contribution is -2.11. The minimum absolute atomic E-state index is 0.190. The number of anilines is 3. The molecule has 2 heterocycles. The second-order valence-electron chi connectivity index (χ2n) is 5.74. The first-order valence-corrected chi connectivity index (χ1v) is 9.84. The summed E-state index contributed by atoms with van der Waals surface area (Å²) in [6, 6.07) is 18.0. The Kier molecular flexibility index (Phi) is 4.64. The Labute approximate surface area is 168 Å². The topological polar surface area (TPSA) is 61.0 Å². The number of hydrogen-bond donors (Lipinski definition) is 2. The summed E-state index contributed by atoms with van der Waals surface area (Å²) in [6.45, 7) is 0. The highest BCUT2D eigenvalue weighted by atomic mass is 127. The van der Waals surface area contributed by atoms with Gasteiger partial charge in [-0.3, -0.25) is 10.1 Å². The fourth-order valence-corrected chi connectivity index (χ4v) is 3.88. The highest BCUT2D eigenvalue weighted by Gasteiger charge is 2.12. The van der Waals surface area contributed by atoms with E-state index >= 15 is 0 Å². The average molecular weight is 474 g/mol. The molecule has 0 aliphatic heterocycles. The van der Waals surface area contributed by atoms with Crippen LogP contribution in [0.5, 0.6) is 0 Å². The van der Waals surface area contributed by atoms with Gasteiger partial charge in [0.05, 0.1) is 10.2 Å². The molecule has 5 nitrogen and oxygen atoms in total. The van der Waals surface area contributed by atoms with Gasteiger partial charge in [0.25, 0.3) is 5.91 Å². The summed E-state index contributed by atoms with van der Waals surface area (Å²) in [5.74, 6) is -0.190. The molecule has 0 unspecified atom stereocenters. The zero-order chi connectivity index (χ0) is 18.1.